The van der Waals surface area contributed by atoms with Crippen molar-refractivity contribution in [3.63, 3.8) is 0 Å². The predicted molar refractivity (Wildman–Crippen MR) is 84.6 cm³/mol. The van der Waals surface area contributed by atoms with Crippen LogP contribution in [0.4, 0.5) is 0 Å². The Bertz CT molecular complexity index is 381. The number of thioether (sulfide) groups is 1. The summed E-state index contributed by atoms with van der Waals surface area (Å²) < 4.78 is 0. The highest BCUT2D eigenvalue weighted by Crippen LogP contribution is 2.24. The van der Waals surface area contributed by atoms with Gasteiger partial charge < -0.3 is 10.0 Å². The molecule has 2 aliphatic rings. The SMILES string of the molecule is CC1CCCC(C)N1C(=O)CN1CCSCC1CC(=O)O. The molecule has 0 saturated carbocycles. The van der Waals surface area contributed by atoms with Crippen LogP contribution in [0.5, 0.6) is 0 Å². The Balaban J connectivity index is 1.97. The van der Waals surface area contributed by atoms with E-state index in [4.69, 9.17) is 5.11 Å². The Morgan fingerprint density at radius 2 is 1.90 bits per heavy atom. The smallest absolute Gasteiger partial charge is 0.304 e. The summed E-state index contributed by atoms with van der Waals surface area (Å²) in [5.74, 6) is 1.18. The van der Waals surface area contributed by atoms with E-state index < -0.39 is 5.97 Å². The number of rotatable bonds is 4. The number of carbonyl (C=O) groups is 2. The minimum atomic E-state index is -0.778. The Labute approximate surface area is 131 Å². The van der Waals surface area contributed by atoms with Crippen LogP contribution in [0.15, 0.2) is 0 Å². The van der Waals surface area contributed by atoms with Crippen LogP contribution >= 0.6 is 11.8 Å². The molecule has 0 spiro atoms. The lowest BCUT2D eigenvalue weighted by atomic mass is 9.97. The van der Waals surface area contributed by atoms with E-state index in [2.05, 4.69) is 18.7 Å². The first kappa shape index (κ1) is 16.6. The third-order valence-corrected chi connectivity index (χ3v) is 5.67. The van der Waals surface area contributed by atoms with Crippen molar-refractivity contribution < 1.29 is 14.7 Å². The van der Waals surface area contributed by atoms with Gasteiger partial charge in [-0.2, -0.15) is 11.8 Å². The van der Waals surface area contributed by atoms with Gasteiger partial charge in [-0.1, -0.05) is 0 Å². The maximum absolute atomic E-state index is 12.6. The summed E-state index contributed by atoms with van der Waals surface area (Å²) in [7, 11) is 0. The van der Waals surface area contributed by atoms with Crippen LogP contribution in [0.3, 0.4) is 0 Å². The summed E-state index contributed by atoms with van der Waals surface area (Å²) in [4.78, 5) is 27.7. The van der Waals surface area contributed by atoms with E-state index in [1.54, 1.807) is 11.8 Å². The van der Waals surface area contributed by atoms with Gasteiger partial charge in [0.2, 0.25) is 5.91 Å². The molecule has 0 bridgehead atoms. The molecule has 2 rings (SSSR count). The molecule has 120 valence electrons. The van der Waals surface area contributed by atoms with E-state index in [-0.39, 0.29) is 18.4 Å². The summed E-state index contributed by atoms with van der Waals surface area (Å²) in [5.41, 5.74) is 0. The van der Waals surface area contributed by atoms with E-state index >= 15 is 0 Å². The highest BCUT2D eigenvalue weighted by molar-refractivity contribution is 7.99. The summed E-state index contributed by atoms with van der Waals surface area (Å²) >= 11 is 1.78. The number of piperidine rings is 1. The lowest BCUT2D eigenvalue weighted by molar-refractivity contribution is -0.142. The van der Waals surface area contributed by atoms with Gasteiger partial charge in [0, 0.05) is 36.2 Å². The zero-order valence-electron chi connectivity index (χ0n) is 13.0. The number of amides is 1. The molecule has 0 aromatic heterocycles. The van der Waals surface area contributed by atoms with Gasteiger partial charge in [0.25, 0.3) is 0 Å². The fourth-order valence-electron chi connectivity index (χ4n) is 3.46. The highest BCUT2D eigenvalue weighted by Gasteiger charge is 2.32. The van der Waals surface area contributed by atoms with Gasteiger partial charge in [-0.05, 0) is 33.1 Å². The molecule has 2 fully saturated rings. The minimum Gasteiger partial charge on any atom is -0.481 e. The van der Waals surface area contributed by atoms with Gasteiger partial charge in [0.15, 0.2) is 0 Å². The zero-order valence-corrected chi connectivity index (χ0v) is 13.8. The third-order valence-electron chi connectivity index (χ3n) is 4.58. The van der Waals surface area contributed by atoms with Crippen LogP contribution in [0.25, 0.3) is 0 Å². The Kier molecular flexibility index (Phi) is 5.93. The molecule has 1 N–H and O–H groups in total. The highest BCUT2D eigenvalue weighted by atomic mass is 32.2. The number of aliphatic carboxylic acids is 1. The van der Waals surface area contributed by atoms with Crippen LogP contribution in [0, 0.1) is 0 Å². The standard InChI is InChI=1S/C15H26N2O3S/c1-11-4-3-5-12(2)17(11)14(18)9-16-6-7-21-10-13(16)8-15(19)20/h11-13H,3-10H2,1-2H3,(H,19,20). The molecule has 0 aliphatic carbocycles. The number of hydrogen-bond acceptors (Lipinski definition) is 4. The van der Waals surface area contributed by atoms with Gasteiger partial charge in [-0.15, -0.1) is 0 Å². The number of likely N-dealkylation sites (tertiary alicyclic amines) is 1. The van der Waals surface area contributed by atoms with Crippen molar-refractivity contribution in [2.24, 2.45) is 0 Å². The van der Waals surface area contributed by atoms with Crippen molar-refractivity contribution in [2.75, 3.05) is 24.6 Å². The number of carbonyl (C=O) groups excluding carboxylic acids is 1. The van der Waals surface area contributed by atoms with Crippen LogP contribution < -0.4 is 0 Å². The van der Waals surface area contributed by atoms with E-state index in [1.165, 1.54) is 6.42 Å². The van der Waals surface area contributed by atoms with Crippen LogP contribution in [0.1, 0.15) is 39.5 Å². The predicted octanol–water partition coefficient (Wildman–Crippen LogP) is 1.67. The molecule has 3 atom stereocenters. The minimum absolute atomic E-state index is 0.0133. The summed E-state index contributed by atoms with van der Waals surface area (Å²) in [6, 6.07) is 0.595. The van der Waals surface area contributed by atoms with E-state index in [0.717, 1.165) is 30.9 Å². The summed E-state index contributed by atoms with van der Waals surface area (Å²) in [6.45, 7) is 5.42. The van der Waals surface area contributed by atoms with Gasteiger partial charge >= 0.3 is 5.97 Å². The van der Waals surface area contributed by atoms with Crippen molar-refractivity contribution in [3.8, 4) is 0 Å². The van der Waals surface area contributed by atoms with Gasteiger partial charge in [0.1, 0.15) is 0 Å². The molecule has 5 nitrogen and oxygen atoms in total. The van der Waals surface area contributed by atoms with Crippen molar-refractivity contribution in [3.05, 3.63) is 0 Å². The second kappa shape index (κ2) is 7.49. The fourth-order valence-corrected chi connectivity index (χ4v) is 4.59. The molecular formula is C15H26N2O3S. The lowest BCUT2D eigenvalue weighted by Gasteiger charge is -2.41. The van der Waals surface area contributed by atoms with Crippen molar-refractivity contribution in [1.29, 1.82) is 0 Å². The Morgan fingerprint density at radius 1 is 1.24 bits per heavy atom. The fraction of sp³-hybridized carbons (Fsp3) is 0.867. The molecule has 2 heterocycles. The van der Waals surface area contributed by atoms with Gasteiger partial charge in [-0.25, -0.2) is 0 Å². The molecule has 21 heavy (non-hydrogen) atoms. The summed E-state index contributed by atoms with van der Waals surface area (Å²) in [5, 5.41) is 9.02. The van der Waals surface area contributed by atoms with Crippen molar-refractivity contribution >= 4 is 23.6 Å². The van der Waals surface area contributed by atoms with Crippen molar-refractivity contribution in [1.82, 2.24) is 9.80 Å². The molecule has 3 unspecified atom stereocenters. The third kappa shape index (κ3) is 4.36. The lowest BCUT2D eigenvalue weighted by Crippen LogP contribution is -2.54. The molecule has 0 aromatic carbocycles. The quantitative estimate of drug-likeness (QED) is 0.855. The first-order valence-corrected chi connectivity index (χ1v) is 8.99. The average molecular weight is 314 g/mol. The van der Waals surface area contributed by atoms with Crippen LogP contribution in [-0.2, 0) is 9.59 Å². The monoisotopic (exact) mass is 314 g/mol. The first-order valence-electron chi connectivity index (χ1n) is 7.83. The number of carboxylic acids is 1. The molecule has 2 aliphatic heterocycles. The summed E-state index contributed by atoms with van der Waals surface area (Å²) in [6.07, 6.45) is 3.47. The first-order chi connectivity index (χ1) is 9.99. The average Bonchev–Trinajstić information content (AvgIpc) is 2.40. The maximum Gasteiger partial charge on any atom is 0.304 e. The number of carboxylic acid groups (broad SMARTS) is 1. The molecule has 0 radical (unpaired) electrons. The molecular weight excluding hydrogens is 288 g/mol. The largest absolute Gasteiger partial charge is 0.481 e. The topological polar surface area (TPSA) is 60.9 Å². The van der Waals surface area contributed by atoms with Gasteiger partial charge in [-0.3, -0.25) is 14.5 Å². The van der Waals surface area contributed by atoms with E-state index in [0.29, 0.717) is 18.6 Å². The Hall–Kier alpha value is -0.750. The molecule has 6 heteroatoms. The maximum atomic E-state index is 12.6. The molecule has 1 amide bonds. The molecule has 2 saturated heterocycles. The second-order valence-corrected chi connectivity index (χ2v) is 7.38. The number of hydrogen-bond donors (Lipinski definition) is 1. The normalized spacial score (nSPS) is 31.1. The van der Waals surface area contributed by atoms with E-state index in [9.17, 15) is 9.59 Å². The van der Waals surface area contributed by atoms with Crippen LogP contribution in [0.2, 0.25) is 0 Å². The van der Waals surface area contributed by atoms with E-state index in [1.807, 2.05) is 4.90 Å². The zero-order chi connectivity index (χ0) is 15.4. The van der Waals surface area contributed by atoms with Gasteiger partial charge in [0.05, 0.1) is 13.0 Å². The molecule has 0 aromatic rings. The number of nitrogens with zero attached hydrogens (tertiary/aromatic N) is 2. The van der Waals surface area contributed by atoms with Crippen LogP contribution in [-0.4, -0.2) is 69.5 Å². The van der Waals surface area contributed by atoms with Crippen molar-refractivity contribution in [2.45, 2.75) is 57.7 Å². The second-order valence-electron chi connectivity index (χ2n) is 6.23. The Morgan fingerprint density at radius 3 is 2.52 bits per heavy atom.